The van der Waals surface area contributed by atoms with Gasteiger partial charge in [-0.3, -0.25) is 4.68 Å². The topological polar surface area (TPSA) is 29.9 Å². The Labute approximate surface area is 116 Å². The molecular formula is C11H15Cl2N3S. The lowest BCUT2D eigenvalue weighted by molar-refractivity contribution is 0.689. The Bertz CT molecular complexity index is 411. The standard InChI is InChI=1S/C11H14ClN3S.ClH/c1-15-8-9(7-14-15)6-13-5-4-10-2-3-11(12)16-10;/h2-3,7-8,13H,4-6H2,1H3;1H. The highest BCUT2D eigenvalue weighted by molar-refractivity contribution is 7.16. The first-order valence-electron chi connectivity index (χ1n) is 5.16. The Hall–Kier alpha value is -0.550. The van der Waals surface area contributed by atoms with Crippen LogP contribution in [-0.4, -0.2) is 16.3 Å². The molecule has 6 heteroatoms. The van der Waals surface area contributed by atoms with Gasteiger partial charge in [0.15, 0.2) is 0 Å². The quantitative estimate of drug-likeness (QED) is 0.859. The molecule has 1 N–H and O–H groups in total. The SMILES string of the molecule is Cl.Cn1cc(CNCCc2ccc(Cl)s2)cn1. The second-order valence-electron chi connectivity index (χ2n) is 3.65. The van der Waals surface area contributed by atoms with Gasteiger partial charge in [0.1, 0.15) is 0 Å². The Morgan fingerprint density at radius 1 is 1.47 bits per heavy atom. The molecule has 17 heavy (non-hydrogen) atoms. The van der Waals surface area contributed by atoms with Crippen LogP contribution in [0.5, 0.6) is 0 Å². The Balaban J connectivity index is 0.00000144. The molecule has 0 radical (unpaired) electrons. The maximum atomic E-state index is 5.86. The third-order valence-electron chi connectivity index (χ3n) is 2.26. The second-order valence-corrected chi connectivity index (χ2v) is 5.45. The van der Waals surface area contributed by atoms with Crippen LogP contribution in [0.15, 0.2) is 24.5 Å². The zero-order chi connectivity index (χ0) is 11.4. The molecule has 2 rings (SSSR count). The second kappa shape index (κ2) is 7.01. The van der Waals surface area contributed by atoms with E-state index in [-0.39, 0.29) is 12.4 Å². The lowest BCUT2D eigenvalue weighted by Crippen LogP contribution is -2.15. The number of hydrogen-bond acceptors (Lipinski definition) is 3. The number of thiophene rings is 1. The van der Waals surface area contributed by atoms with Gasteiger partial charge in [-0.2, -0.15) is 5.10 Å². The van der Waals surface area contributed by atoms with E-state index >= 15 is 0 Å². The van der Waals surface area contributed by atoms with E-state index in [1.54, 1.807) is 11.3 Å². The smallest absolute Gasteiger partial charge is 0.0931 e. The zero-order valence-electron chi connectivity index (χ0n) is 9.52. The minimum absolute atomic E-state index is 0. The number of hydrogen-bond donors (Lipinski definition) is 1. The number of halogens is 2. The first-order valence-corrected chi connectivity index (χ1v) is 6.36. The fourth-order valence-corrected chi connectivity index (χ4v) is 2.58. The van der Waals surface area contributed by atoms with Crippen molar-refractivity contribution >= 4 is 35.3 Å². The number of nitrogens with zero attached hydrogens (tertiary/aromatic N) is 2. The summed E-state index contributed by atoms with van der Waals surface area (Å²) in [7, 11) is 1.93. The van der Waals surface area contributed by atoms with Crippen molar-refractivity contribution in [3.8, 4) is 0 Å². The lowest BCUT2D eigenvalue weighted by Gasteiger charge is -2.00. The van der Waals surface area contributed by atoms with E-state index in [9.17, 15) is 0 Å². The van der Waals surface area contributed by atoms with Crippen LogP contribution in [-0.2, 0) is 20.0 Å². The number of aryl methyl sites for hydroxylation is 1. The highest BCUT2D eigenvalue weighted by Crippen LogP contribution is 2.21. The van der Waals surface area contributed by atoms with Crippen molar-refractivity contribution < 1.29 is 0 Å². The van der Waals surface area contributed by atoms with Gasteiger partial charge in [0.05, 0.1) is 10.5 Å². The van der Waals surface area contributed by atoms with Gasteiger partial charge in [-0.05, 0) is 18.6 Å². The molecular weight excluding hydrogens is 277 g/mol. The molecule has 0 unspecified atom stereocenters. The van der Waals surface area contributed by atoms with Crippen molar-refractivity contribution in [2.24, 2.45) is 7.05 Å². The summed E-state index contributed by atoms with van der Waals surface area (Å²) in [6.07, 6.45) is 4.93. The zero-order valence-corrected chi connectivity index (χ0v) is 11.9. The highest BCUT2D eigenvalue weighted by Gasteiger charge is 1.98. The van der Waals surface area contributed by atoms with Gasteiger partial charge < -0.3 is 5.32 Å². The van der Waals surface area contributed by atoms with Crippen molar-refractivity contribution in [2.45, 2.75) is 13.0 Å². The van der Waals surface area contributed by atoms with Crippen molar-refractivity contribution in [1.29, 1.82) is 0 Å². The molecule has 0 aliphatic rings. The van der Waals surface area contributed by atoms with Gasteiger partial charge in [-0.25, -0.2) is 0 Å². The molecule has 0 amide bonds. The van der Waals surface area contributed by atoms with Crippen molar-refractivity contribution in [1.82, 2.24) is 15.1 Å². The lowest BCUT2D eigenvalue weighted by atomic mass is 10.3. The highest BCUT2D eigenvalue weighted by atomic mass is 35.5. The molecule has 0 aliphatic carbocycles. The Morgan fingerprint density at radius 3 is 2.88 bits per heavy atom. The minimum Gasteiger partial charge on any atom is -0.312 e. The van der Waals surface area contributed by atoms with E-state index in [2.05, 4.69) is 16.5 Å². The normalized spacial score (nSPS) is 10.2. The molecule has 0 aliphatic heterocycles. The van der Waals surface area contributed by atoms with Crippen LogP contribution < -0.4 is 5.32 Å². The molecule has 0 saturated heterocycles. The summed E-state index contributed by atoms with van der Waals surface area (Å²) < 4.78 is 2.68. The number of aromatic nitrogens is 2. The fourth-order valence-electron chi connectivity index (χ4n) is 1.49. The first-order chi connectivity index (χ1) is 7.74. The molecule has 0 bridgehead atoms. The van der Waals surface area contributed by atoms with Crippen LogP contribution in [0.4, 0.5) is 0 Å². The molecule has 2 heterocycles. The summed E-state index contributed by atoms with van der Waals surface area (Å²) in [5, 5.41) is 7.50. The molecule has 0 spiro atoms. The van der Waals surface area contributed by atoms with Crippen LogP contribution in [0, 0.1) is 0 Å². The summed E-state index contributed by atoms with van der Waals surface area (Å²) in [4.78, 5) is 1.32. The van der Waals surface area contributed by atoms with Gasteiger partial charge >= 0.3 is 0 Å². The molecule has 0 aromatic carbocycles. The van der Waals surface area contributed by atoms with Crippen LogP contribution in [0.25, 0.3) is 0 Å². The third-order valence-corrected chi connectivity index (χ3v) is 3.56. The number of nitrogens with one attached hydrogen (secondary N) is 1. The average molecular weight is 292 g/mol. The van der Waals surface area contributed by atoms with E-state index in [4.69, 9.17) is 11.6 Å². The summed E-state index contributed by atoms with van der Waals surface area (Å²) in [6, 6.07) is 4.03. The molecule has 3 nitrogen and oxygen atoms in total. The van der Waals surface area contributed by atoms with Gasteiger partial charge in [0, 0.05) is 36.8 Å². The Kier molecular flexibility index (Phi) is 5.98. The predicted octanol–water partition coefficient (Wildman–Crippen LogP) is 2.89. The van der Waals surface area contributed by atoms with Crippen LogP contribution in [0.2, 0.25) is 4.34 Å². The van der Waals surface area contributed by atoms with Crippen LogP contribution >= 0.6 is 35.3 Å². The summed E-state index contributed by atoms with van der Waals surface area (Å²) in [6.45, 7) is 1.83. The van der Waals surface area contributed by atoms with E-state index in [1.807, 2.05) is 30.2 Å². The van der Waals surface area contributed by atoms with Gasteiger partial charge in [-0.15, -0.1) is 23.7 Å². The molecule has 2 aromatic rings. The average Bonchev–Trinajstić information content (AvgIpc) is 2.83. The van der Waals surface area contributed by atoms with Crippen LogP contribution in [0.3, 0.4) is 0 Å². The predicted molar refractivity (Wildman–Crippen MR) is 75.2 cm³/mol. The maximum Gasteiger partial charge on any atom is 0.0931 e. The fraction of sp³-hybridized carbons (Fsp3) is 0.364. The van der Waals surface area contributed by atoms with Crippen LogP contribution in [0.1, 0.15) is 10.4 Å². The van der Waals surface area contributed by atoms with E-state index in [1.165, 1.54) is 10.4 Å². The minimum atomic E-state index is 0. The van der Waals surface area contributed by atoms with Gasteiger partial charge in [-0.1, -0.05) is 11.6 Å². The van der Waals surface area contributed by atoms with Crippen molar-refractivity contribution in [3.63, 3.8) is 0 Å². The van der Waals surface area contributed by atoms with E-state index < -0.39 is 0 Å². The number of rotatable bonds is 5. The van der Waals surface area contributed by atoms with Gasteiger partial charge in [0.2, 0.25) is 0 Å². The van der Waals surface area contributed by atoms with Crippen molar-refractivity contribution in [2.75, 3.05) is 6.54 Å². The van der Waals surface area contributed by atoms with E-state index in [0.29, 0.717) is 0 Å². The maximum absolute atomic E-state index is 5.86. The molecule has 2 aromatic heterocycles. The first kappa shape index (κ1) is 14.5. The monoisotopic (exact) mass is 291 g/mol. The molecule has 0 saturated carbocycles. The van der Waals surface area contributed by atoms with E-state index in [0.717, 1.165) is 23.8 Å². The molecule has 94 valence electrons. The molecule has 0 atom stereocenters. The Morgan fingerprint density at radius 2 is 2.29 bits per heavy atom. The largest absolute Gasteiger partial charge is 0.312 e. The van der Waals surface area contributed by atoms with Gasteiger partial charge in [0.25, 0.3) is 0 Å². The summed E-state index contributed by atoms with van der Waals surface area (Å²) in [5.74, 6) is 0. The third kappa shape index (κ3) is 4.68. The summed E-state index contributed by atoms with van der Waals surface area (Å²) >= 11 is 7.51. The summed E-state index contributed by atoms with van der Waals surface area (Å²) in [5.41, 5.74) is 1.21. The van der Waals surface area contributed by atoms with Crippen molar-refractivity contribution in [3.05, 3.63) is 39.3 Å². The molecule has 0 fully saturated rings.